The van der Waals surface area contributed by atoms with Crippen LogP contribution in [0.15, 0.2) is 89.5 Å². The smallest absolute Gasteiger partial charge is 0.345 e. The van der Waals surface area contributed by atoms with Crippen LogP contribution in [0.5, 0.6) is 0 Å². The largest absolute Gasteiger partial charge is 0.464 e. The van der Waals surface area contributed by atoms with Gasteiger partial charge in [0.15, 0.2) is 0 Å². The molecule has 0 spiro atoms. The average molecular weight is 495 g/mol. The number of hydrogen-bond donors (Lipinski definition) is 2. The molecule has 0 bridgehead atoms. The highest BCUT2D eigenvalue weighted by Gasteiger charge is 2.46. The second-order valence-corrected chi connectivity index (χ2v) is 10.6. The summed E-state index contributed by atoms with van der Waals surface area (Å²) >= 11 is 0. The summed E-state index contributed by atoms with van der Waals surface area (Å²) in [6, 6.07) is 21.3. The fourth-order valence-electron chi connectivity index (χ4n) is 4.24. The second-order valence-electron chi connectivity index (χ2n) is 8.90. The number of nitrogens with one attached hydrogen (secondary N) is 2. The van der Waals surface area contributed by atoms with E-state index in [0.29, 0.717) is 11.1 Å². The van der Waals surface area contributed by atoms with E-state index in [9.17, 15) is 13.2 Å². The van der Waals surface area contributed by atoms with Crippen LogP contribution in [0, 0.1) is 5.92 Å². The molecule has 2 N–H and O–H groups in total. The normalized spacial score (nSPS) is 18.8. The van der Waals surface area contributed by atoms with E-state index in [1.54, 1.807) is 31.2 Å². The summed E-state index contributed by atoms with van der Waals surface area (Å²) in [6.45, 7) is 5.74. The number of esters is 1. The van der Waals surface area contributed by atoms with Gasteiger partial charge in [0.1, 0.15) is 0 Å². The Morgan fingerprint density at radius 2 is 1.71 bits per heavy atom. The number of benzene rings is 3. The standard InChI is InChI=1S/C27H30N2O5S/c1-4-33-26(30)27(17-20-11-6-5-7-12-20)18-23(28-34-27)25(19(2)3)29-35(31,32)24-16-10-14-21-13-8-9-15-22(21)24/h5-16,18-19,25,28-29H,4,17H2,1-3H3/t25-,27?/m0/s1. The van der Waals surface area contributed by atoms with E-state index in [1.807, 2.05) is 68.4 Å². The lowest BCUT2D eigenvalue weighted by Gasteiger charge is -2.24. The first-order chi connectivity index (χ1) is 16.8. The minimum atomic E-state index is -3.90. The maximum absolute atomic E-state index is 13.5. The van der Waals surface area contributed by atoms with Crippen LogP contribution in [0.3, 0.4) is 0 Å². The van der Waals surface area contributed by atoms with Crippen LogP contribution in [0.4, 0.5) is 0 Å². The van der Waals surface area contributed by atoms with Crippen LogP contribution in [-0.2, 0) is 30.8 Å². The van der Waals surface area contributed by atoms with Gasteiger partial charge < -0.3 is 4.74 Å². The van der Waals surface area contributed by atoms with Gasteiger partial charge in [-0.1, -0.05) is 80.6 Å². The van der Waals surface area contributed by atoms with Crippen molar-refractivity contribution in [3.05, 3.63) is 90.1 Å². The number of rotatable bonds is 9. The molecule has 35 heavy (non-hydrogen) atoms. The molecule has 0 aromatic heterocycles. The van der Waals surface area contributed by atoms with Crippen LogP contribution in [0.25, 0.3) is 10.8 Å². The van der Waals surface area contributed by atoms with E-state index in [4.69, 9.17) is 9.57 Å². The van der Waals surface area contributed by atoms with Crippen LogP contribution in [0.2, 0.25) is 0 Å². The lowest BCUT2D eigenvalue weighted by Crippen LogP contribution is -2.43. The summed E-state index contributed by atoms with van der Waals surface area (Å²) in [4.78, 5) is 19.0. The van der Waals surface area contributed by atoms with Crippen molar-refractivity contribution in [2.75, 3.05) is 6.61 Å². The Morgan fingerprint density at radius 1 is 1.03 bits per heavy atom. The summed E-state index contributed by atoms with van der Waals surface area (Å²) in [6.07, 6.45) is 1.89. The topological polar surface area (TPSA) is 93.7 Å². The van der Waals surface area contributed by atoms with E-state index in [0.717, 1.165) is 10.9 Å². The summed E-state index contributed by atoms with van der Waals surface area (Å²) in [5.41, 5.74) is 2.77. The summed E-state index contributed by atoms with van der Waals surface area (Å²) in [5.74, 6) is -0.678. The molecule has 2 atom stereocenters. The van der Waals surface area contributed by atoms with Crippen molar-refractivity contribution in [3.63, 3.8) is 0 Å². The van der Waals surface area contributed by atoms with Gasteiger partial charge in [0.25, 0.3) is 0 Å². The number of fused-ring (bicyclic) bond motifs is 1. The van der Waals surface area contributed by atoms with Gasteiger partial charge in [-0.2, -0.15) is 0 Å². The van der Waals surface area contributed by atoms with Gasteiger partial charge in [-0.05, 0) is 35.9 Å². The molecule has 1 heterocycles. The average Bonchev–Trinajstić information content (AvgIpc) is 3.27. The predicted octanol–water partition coefficient (Wildman–Crippen LogP) is 4.11. The van der Waals surface area contributed by atoms with Gasteiger partial charge in [0, 0.05) is 11.8 Å². The van der Waals surface area contributed by atoms with Crippen LogP contribution in [0.1, 0.15) is 26.3 Å². The zero-order valence-electron chi connectivity index (χ0n) is 20.0. The minimum absolute atomic E-state index is 0.142. The van der Waals surface area contributed by atoms with E-state index < -0.39 is 27.6 Å². The molecular weight excluding hydrogens is 464 g/mol. The monoisotopic (exact) mass is 494 g/mol. The molecule has 7 nitrogen and oxygen atoms in total. The Bertz CT molecular complexity index is 1330. The molecule has 1 aliphatic rings. The van der Waals surface area contributed by atoms with Crippen molar-refractivity contribution in [3.8, 4) is 0 Å². The Labute approximate surface area is 206 Å². The molecule has 8 heteroatoms. The molecule has 4 rings (SSSR count). The Morgan fingerprint density at radius 3 is 2.43 bits per heavy atom. The predicted molar refractivity (Wildman–Crippen MR) is 135 cm³/mol. The van der Waals surface area contributed by atoms with E-state index in [-0.39, 0.29) is 23.8 Å². The SMILES string of the molecule is CCOC(=O)C1(Cc2ccccc2)C=C([C@@H](NS(=O)(=O)c2cccc3ccccc23)C(C)C)NO1. The maximum Gasteiger partial charge on any atom is 0.345 e. The van der Waals surface area contributed by atoms with Crippen molar-refractivity contribution in [1.29, 1.82) is 0 Å². The van der Waals surface area contributed by atoms with Crippen molar-refractivity contribution in [1.82, 2.24) is 10.2 Å². The molecule has 1 aliphatic heterocycles. The Balaban J connectivity index is 1.69. The fourth-order valence-corrected chi connectivity index (χ4v) is 5.84. The highest BCUT2D eigenvalue weighted by atomic mass is 32.2. The Kier molecular flexibility index (Phi) is 7.25. The lowest BCUT2D eigenvalue weighted by atomic mass is 9.91. The highest BCUT2D eigenvalue weighted by molar-refractivity contribution is 7.89. The zero-order chi connectivity index (χ0) is 25.1. The van der Waals surface area contributed by atoms with Gasteiger partial charge in [-0.15, -0.1) is 0 Å². The maximum atomic E-state index is 13.5. The molecule has 0 aliphatic carbocycles. The quantitative estimate of drug-likeness (QED) is 0.435. The lowest BCUT2D eigenvalue weighted by molar-refractivity contribution is -0.168. The molecule has 0 radical (unpaired) electrons. The number of hydrogen-bond acceptors (Lipinski definition) is 6. The highest BCUT2D eigenvalue weighted by Crippen LogP contribution is 2.31. The summed E-state index contributed by atoms with van der Waals surface area (Å²) < 4.78 is 35.2. The third-order valence-corrected chi connectivity index (χ3v) is 7.49. The molecular formula is C27H30N2O5S. The number of carbonyl (C=O) groups is 1. The summed E-state index contributed by atoms with van der Waals surface area (Å²) in [7, 11) is -3.90. The molecule has 3 aromatic carbocycles. The van der Waals surface area contributed by atoms with Crippen LogP contribution >= 0.6 is 0 Å². The molecule has 184 valence electrons. The van der Waals surface area contributed by atoms with Crippen molar-refractivity contribution < 1.29 is 22.8 Å². The second kappa shape index (κ2) is 10.2. The van der Waals surface area contributed by atoms with Crippen molar-refractivity contribution in [2.45, 2.75) is 43.7 Å². The number of carbonyl (C=O) groups excluding carboxylic acids is 1. The molecule has 0 fully saturated rings. The van der Waals surface area contributed by atoms with Gasteiger partial charge in [0.2, 0.25) is 15.6 Å². The van der Waals surface area contributed by atoms with Crippen LogP contribution < -0.4 is 10.2 Å². The molecule has 0 saturated heterocycles. The van der Waals surface area contributed by atoms with E-state index >= 15 is 0 Å². The molecule has 0 amide bonds. The first-order valence-corrected chi connectivity index (χ1v) is 13.1. The fraction of sp³-hybridized carbons (Fsp3) is 0.296. The van der Waals surface area contributed by atoms with Gasteiger partial charge >= 0.3 is 5.97 Å². The van der Waals surface area contributed by atoms with Crippen LogP contribution in [-0.4, -0.2) is 32.6 Å². The van der Waals surface area contributed by atoms with Gasteiger partial charge in [-0.25, -0.2) is 17.9 Å². The minimum Gasteiger partial charge on any atom is -0.464 e. The first-order valence-electron chi connectivity index (χ1n) is 11.6. The van der Waals surface area contributed by atoms with Crippen molar-refractivity contribution in [2.24, 2.45) is 5.92 Å². The summed E-state index contributed by atoms with van der Waals surface area (Å²) in [5, 5.41) is 1.47. The zero-order valence-corrected chi connectivity index (χ0v) is 20.8. The molecule has 0 saturated carbocycles. The third kappa shape index (κ3) is 5.24. The number of sulfonamides is 1. The van der Waals surface area contributed by atoms with E-state index in [1.165, 1.54) is 0 Å². The molecule has 1 unspecified atom stereocenters. The van der Waals surface area contributed by atoms with Crippen molar-refractivity contribution >= 4 is 26.8 Å². The first kappa shape index (κ1) is 24.9. The van der Waals surface area contributed by atoms with Gasteiger partial charge in [0.05, 0.1) is 23.2 Å². The number of ether oxygens (including phenoxy) is 1. The third-order valence-electron chi connectivity index (χ3n) is 5.99. The molecule has 3 aromatic rings. The van der Waals surface area contributed by atoms with Gasteiger partial charge in [-0.3, -0.25) is 10.3 Å². The Hall–Kier alpha value is -3.20. The van der Waals surface area contributed by atoms with E-state index in [2.05, 4.69) is 10.2 Å². The number of hydroxylamine groups is 1.